The first-order valence-corrected chi connectivity index (χ1v) is 8.07. The quantitative estimate of drug-likeness (QED) is 0.771. The molecule has 0 aliphatic rings. The number of hydrogen-bond acceptors (Lipinski definition) is 4. The van der Waals surface area contributed by atoms with Crippen LogP contribution in [0.3, 0.4) is 0 Å². The van der Waals surface area contributed by atoms with E-state index in [2.05, 4.69) is 15.4 Å². The lowest BCUT2D eigenvalue weighted by molar-refractivity contribution is -0.116. The number of amides is 1. The molecule has 0 unspecified atom stereocenters. The summed E-state index contributed by atoms with van der Waals surface area (Å²) < 4.78 is 2.41. The van der Waals surface area contributed by atoms with Crippen molar-refractivity contribution in [3.8, 4) is 0 Å². The summed E-state index contributed by atoms with van der Waals surface area (Å²) in [6.45, 7) is 3.93. The Balaban J connectivity index is 1.81. The van der Waals surface area contributed by atoms with E-state index in [1.807, 2.05) is 19.9 Å². The molecule has 1 N–H and O–H groups in total. The number of nitrogens with zero attached hydrogens (tertiary/aromatic N) is 3. The van der Waals surface area contributed by atoms with Gasteiger partial charge >= 0.3 is 0 Å². The van der Waals surface area contributed by atoms with E-state index in [1.165, 1.54) is 11.3 Å². The number of fused-ring (bicyclic) bond motifs is 1. The molecule has 0 radical (unpaired) electrons. The van der Waals surface area contributed by atoms with Crippen LogP contribution in [0.5, 0.6) is 0 Å². The minimum absolute atomic E-state index is 0.136. The maximum Gasteiger partial charge on any atom is 0.247 e. The lowest BCUT2D eigenvalue weighted by Gasteiger charge is -2.03. The van der Waals surface area contributed by atoms with E-state index in [-0.39, 0.29) is 12.5 Å². The van der Waals surface area contributed by atoms with Gasteiger partial charge in [0.2, 0.25) is 5.91 Å². The van der Waals surface area contributed by atoms with Crippen molar-refractivity contribution in [2.45, 2.75) is 20.4 Å². The normalized spacial score (nSPS) is 11.1. The number of aryl methyl sites for hydroxylation is 2. The Morgan fingerprint density at radius 2 is 2.05 bits per heavy atom. The topological polar surface area (TPSA) is 59.8 Å². The summed E-state index contributed by atoms with van der Waals surface area (Å²) in [6.07, 6.45) is 0. The van der Waals surface area contributed by atoms with Gasteiger partial charge in [-0.15, -0.1) is 0 Å². The first-order chi connectivity index (χ1) is 10.4. The van der Waals surface area contributed by atoms with E-state index in [9.17, 15) is 4.79 Å². The second-order valence-corrected chi connectivity index (χ2v) is 6.67. The Bertz CT molecular complexity index is 832. The zero-order chi connectivity index (χ0) is 15.9. The van der Waals surface area contributed by atoms with Crippen molar-refractivity contribution in [1.82, 2.24) is 14.8 Å². The summed E-state index contributed by atoms with van der Waals surface area (Å²) >= 11 is 13.5. The molecule has 22 heavy (non-hydrogen) atoms. The van der Waals surface area contributed by atoms with Gasteiger partial charge in [-0.25, -0.2) is 4.98 Å². The smallest absolute Gasteiger partial charge is 0.247 e. The Morgan fingerprint density at radius 1 is 1.32 bits per heavy atom. The van der Waals surface area contributed by atoms with E-state index < -0.39 is 0 Å². The average Bonchev–Trinajstić information content (AvgIpc) is 2.99. The van der Waals surface area contributed by atoms with Crippen LogP contribution in [0, 0.1) is 13.8 Å². The fourth-order valence-electron chi connectivity index (χ4n) is 2.13. The molecule has 3 rings (SSSR count). The predicted octanol–water partition coefficient (Wildman–Crippen LogP) is 4.06. The van der Waals surface area contributed by atoms with Crippen molar-refractivity contribution in [2.75, 3.05) is 5.32 Å². The lowest BCUT2D eigenvalue weighted by Crippen LogP contribution is -2.20. The van der Waals surface area contributed by atoms with Gasteiger partial charge < -0.3 is 5.32 Å². The molecule has 3 aromatic rings. The van der Waals surface area contributed by atoms with Gasteiger partial charge in [-0.05, 0) is 32.0 Å². The van der Waals surface area contributed by atoms with Crippen LogP contribution >= 0.6 is 34.5 Å². The molecule has 2 heterocycles. The van der Waals surface area contributed by atoms with Crippen molar-refractivity contribution in [3.63, 3.8) is 0 Å². The molecule has 0 fully saturated rings. The molecule has 1 aromatic carbocycles. The molecule has 2 aromatic heterocycles. The van der Waals surface area contributed by atoms with E-state index >= 15 is 0 Å². The van der Waals surface area contributed by atoms with Gasteiger partial charge in [-0.2, -0.15) is 5.10 Å². The summed E-state index contributed by atoms with van der Waals surface area (Å²) in [7, 11) is 0. The van der Waals surface area contributed by atoms with Gasteiger partial charge in [0, 0.05) is 5.69 Å². The maximum atomic E-state index is 12.1. The zero-order valence-corrected chi connectivity index (χ0v) is 14.2. The second kappa shape index (κ2) is 5.87. The number of carbonyl (C=O) groups excluding carboxylic acids is 1. The largest absolute Gasteiger partial charge is 0.300 e. The predicted molar refractivity (Wildman–Crippen MR) is 90.0 cm³/mol. The molecule has 0 saturated carbocycles. The number of nitrogens with one attached hydrogen (secondary N) is 1. The average molecular weight is 355 g/mol. The van der Waals surface area contributed by atoms with Crippen molar-refractivity contribution in [3.05, 3.63) is 39.6 Å². The van der Waals surface area contributed by atoms with E-state index in [0.29, 0.717) is 20.7 Å². The number of rotatable bonds is 3. The number of halogens is 2. The highest BCUT2D eigenvalue weighted by atomic mass is 35.5. The standard InChI is InChI=1S/C14H12Cl2N4OS/c1-7-5-8(2)20(19-7)6-11(21)17-14-18-12-9(15)3-4-10(16)13(12)22-14/h3-5H,6H2,1-2H3,(H,17,18,21). The van der Waals surface area contributed by atoms with Crippen LogP contribution < -0.4 is 5.32 Å². The fourth-order valence-corrected chi connectivity index (χ4v) is 3.57. The number of aromatic nitrogens is 3. The van der Waals surface area contributed by atoms with Crippen LogP contribution in [-0.4, -0.2) is 20.7 Å². The summed E-state index contributed by atoms with van der Waals surface area (Å²) in [4.78, 5) is 16.4. The summed E-state index contributed by atoms with van der Waals surface area (Å²) in [5, 5.41) is 8.56. The maximum absolute atomic E-state index is 12.1. The SMILES string of the molecule is Cc1cc(C)n(CC(=O)Nc2nc3c(Cl)ccc(Cl)c3s2)n1. The molecule has 0 atom stereocenters. The molecule has 0 aliphatic carbocycles. The van der Waals surface area contributed by atoms with Crippen LogP contribution in [0.1, 0.15) is 11.4 Å². The molecular formula is C14H12Cl2N4OS. The number of thiazole rings is 1. The number of anilines is 1. The van der Waals surface area contributed by atoms with Crippen molar-refractivity contribution in [1.29, 1.82) is 0 Å². The number of hydrogen-bond donors (Lipinski definition) is 1. The Hall–Kier alpha value is -1.63. The molecule has 114 valence electrons. The van der Waals surface area contributed by atoms with E-state index in [0.717, 1.165) is 16.1 Å². The summed E-state index contributed by atoms with van der Waals surface area (Å²) in [5.74, 6) is -0.197. The van der Waals surface area contributed by atoms with Gasteiger partial charge in [-0.1, -0.05) is 34.5 Å². The third-order valence-corrected chi connectivity index (χ3v) is 4.83. The van der Waals surface area contributed by atoms with Crippen LogP contribution in [0.15, 0.2) is 18.2 Å². The lowest BCUT2D eigenvalue weighted by atomic mass is 10.3. The van der Waals surface area contributed by atoms with E-state index in [1.54, 1.807) is 16.8 Å². The number of carbonyl (C=O) groups is 1. The highest BCUT2D eigenvalue weighted by Crippen LogP contribution is 2.35. The Kier molecular flexibility index (Phi) is 4.08. The Morgan fingerprint density at radius 3 is 2.68 bits per heavy atom. The van der Waals surface area contributed by atoms with Crippen molar-refractivity contribution >= 4 is 55.8 Å². The minimum atomic E-state index is -0.197. The van der Waals surface area contributed by atoms with Gasteiger partial charge in [0.05, 0.1) is 20.4 Å². The molecule has 0 bridgehead atoms. The molecule has 0 saturated heterocycles. The highest BCUT2D eigenvalue weighted by molar-refractivity contribution is 7.23. The molecule has 0 spiro atoms. The first-order valence-electron chi connectivity index (χ1n) is 6.49. The zero-order valence-electron chi connectivity index (χ0n) is 11.9. The fraction of sp³-hybridized carbons (Fsp3) is 0.214. The monoisotopic (exact) mass is 354 g/mol. The highest BCUT2D eigenvalue weighted by Gasteiger charge is 2.13. The van der Waals surface area contributed by atoms with E-state index in [4.69, 9.17) is 23.2 Å². The van der Waals surface area contributed by atoms with Crippen molar-refractivity contribution < 1.29 is 4.79 Å². The molecule has 5 nitrogen and oxygen atoms in total. The minimum Gasteiger partial charge on any atom is -0.300 e. The van der Waals surface area contributed by atoms with Gasteiger partial charge in [0.1, 0.15) is 12.1 Å². The molecule has 1 amide bonds. The van der Waals surface area contributed by atoms with Gasteiger partial charge in [0.25, 0.3) is 0 Å². The second-order valence-electron chi connectivity index (χ2n) is 4.86. The molecule has 0 aliphatic heterocycles. The van der Waals surface area contributed by atoms with Crippen LogP contribution in [0.4, 0.5) is 5.13 Å². The summed E-state index contributed by atoms with van der Waals surface area (Å²) in [5.41, 5.74) is 2.41. The molecular weight excluding hydrogens is 343 g/mol. The van der Waals surface area contributed by atoms with Crippen LogP contribution in [-0.2, 0) is 11.3 Å². The van der Waals surface area contributed by atoms with Crippen molar-refractivity contribution in [2.24, 2.45) is 0 Å². The summed E-state index contributed by atoms with van der Waals surface area (Å²) in [6, 6.07) is 5.32. The molecule has 8 heteroatoms. The van der Waals surface area contributed by atoms with Crippen LogP contribution in [0.25, 0.3) is 10.2 Å². The third kappa shape index (κ3) is 2.95. The van der Waals surface area contributed by atoms with Gasteiger partial charge in [0.15, 0.2) is 5.13 Å². The first kappa shape index (κ1) is 15.3. The van der Waals surface area contributed by atoms with Gasteiger partial charge in [-0.3, -0.25) is 9.48 Å². The number of benzene rings is 1. The van der Waals surface area contributed by atoms with Crippen LogP contribution in [0.2, 0.25) is 10.0 Å². The third-order valence-electron chi connectivity index (χ3n) is 3.09. The Labute approximate surface area is 140 Å².